The van der Waals surface area contributed by atoms with Crippen molar-refractivity contribution < 1.29 is 20.1 Å². The Bertz CT molecular complexity index is 566. The van der Waals surface area contributed by atoms with Gasteiger partial charge < -0.3 is 20.1 Å². The molecule has 5 rings (SSSR count). The highest BCUT2D eigenvalue weighted by Gasteiger charge is 2.74. The van der Waals surface area contributed by atoms with Crippen molar-refractivity contribution in [2.45, 2.75) is 76.6 Å². The smallest absolute Gasteiger partial charge is 0.0920 e. The van der Waals surface area contributed by atoms with Crippen molar-refractivity contribution in [2.24, 2.45) is 34.0 Å². The first-order chi connectivity index (χ1) is 11.3. The van der Waals surface area contributed by atoms with E-state index in [2.05, 4.69) is 13.8 Å². The van der Waals surface area contributed by atoms with Crippen molar-refractivity contribution in [1.29, 1.82) is 0 Å². The number of fused-ring (bicyclic) bond motifs is 3. The summed E-state index contributed by atoms with van der Waals surface area (Å²) in [5.41, 5.74) is -0.506. The van der Waals surface area contributed by atoms with Gasteiger partial charge in [0.1, 0.15) is 0 Å². The number of epoxide rings is 1. The zero-order valence-corrected chi connectivity index (χ0v) is 15.0. The summed E-state index contributed by atoms with van der Waals surface area (Å²) in [6, 6.07) is 0. The van der Waals surface area contributed by atoms with Gasteiger partial charge in [-0.15, -0.1) is 0 Å². The molecule has 4 nitrogen and oxygen atoms in total. The molecule has 0 aromatic carbocycles. The first-order valence-corrected chi connectivity index (χ1v) is 9.92. The summed E-state index contributed by atoms with van der Waals surface area (Å²) in [6.45, 7) is 4.85. The SMILES string of the molecule is C[C@@]1(CO)[C@@H]2O[C@@H]2C[C@@]2(C)[C@H]1CC[C@@H]1C[C@@H]3C[C@@]12CC[C@]3(O)CO. The molecule has 1 heterocycles. The Labute approximate surface area is 144 Å². The van der Waals surface area contributed by atoms with Gasteiger partial charge in [-0.3, -0.25) is 0 Å². The molecule has 0 aromatic heterocycles. The molecule has 0 unspecified atom stereocenters. The number of aliphatic hydroxyl groups is 3. The molecule has 1 aliphatic heterocycles. The third-order valence-corrected chi connectivity index (χ3v) is 9.70. The van der Waals surface area contributed by atoms with Crippen LogP contribution in [0.2, 0.25) is 0 Å². The lowest BCUT2D eigenvalue weighted by molar-refractivity contribution is -0.180. The van der Waals surface area contributed by atoms with Crippen LogP contribution in [-0.2, 0) is 4.74 Å². The molecule has 4 heteroatoms. The molecule has 1 saturated heterocycles. The Morgan fingerprint density at radius 2 is 1.79 bits per heavy atom. The lowest BCUT2D eigenvalue weighted by Gasteiger charge is -2.64. The zero-order valence-electron chi connectivity index (χ0n) is 15.0. The summed E-state index contributed by atoms with van der Waals surface area (Å²) < 4.78 is 6.04. The predicted octanol–water partition coefficient (Wildman–Crippen LogP) is 2.10. The minimum absolute atomic E-state index is 0.0945. The molecule has 5 aliphatic rings. The average molecular weight is 336 g/mol. The molecule has 5 fully saturated rings. The molecular weight excluding hydrogens is 304 g/mol. The van der Waals surface area contributed by atoms with E-state index in [-0.39, 0.29) is 41.5 Å². The van der Waals surface area contributed by atoms with Crippen LogP contribution in [-0.4, -0.2) is 46.3 Å². The van der Waals surface area contributed by atoms with Crippen LogP contribution in [0.25, 0.3) is 0 Å². The molecule has 4 saturated carbocycles. The van der Waals surface area contributed by atoms with E-state index in [0.717, 1.165) is 32.1 Å². The molecule has 136 valence electrons. The van der Waals surface area contributed by atoms with Crippen molar-refractivity contribution >= 4 is 0 Å². The summed E-state index contributed by atoms with van der Waals surface area (Å²) in [7, 11) is 0. The maximum atomic E-state index is 10.9. The van der Waals surface area contributed by atoms with Crippen LogP contribution in [0.5, 0.6) is 0 Å². The first-order valence-electron chi connectivity index (χ1n) is 9.92. The van der Waals surface area contributed by atoms with Gasteiger partial charge in [0, 0.05) is 5.41 Å². The number of ether oxygens (including phenoxy) is 1. The van der Waals surface area contributed by atoms with Gasteiger partial charge in [-0.05, 0) is 73.5 Å². The topological polar surface area (TPSA) is 73.2 Å². The molecule has 0 amide bonds. The number of hydrogen-bond acceptors (Lipinski definition) is 4. The molecular formula is C20H32O4. The van der Waals surface area contributed by atoms with E-state index in [9.17, 15) is 15.3 Å². The van der Waals surface area contributed by atoms with Gasteiger partial charge in [-0.2, -0.15) is 0 Å². The summed E-state index contributed by atoms with van der Waals surface area (Å²) in [4.78, 5) is 0. The third kappa shape index (κ3) is 1.61. The van der Waals surface area contributed by atoms with Crippen LogP contribution >= 0.6 is 0 Å². The van der Waals surface area contributed by atoms with Gasteiger partial charge in [-0.25, -0.2) is 0 Å². The van der Waals surface area contributed by atoms with Crippen LogP contribution in [0.1, 0.15) is 58.8 Å². The fourth-order valence-electron chi connectivity index (χ4n) is 8.34. The standard InChI is InChI=1S/C20H32O4/c1-17(10-21)15-4-3-12-7-13-8-19(12,5-6-20(13,23)11-22)18(15,2)9-14-16(17)24-14/h12-16,21-23H,3-11H2,1-2H3/t12-,13-,14-,15+,16-,17+,18+,19+,20+/m1/s1. The van der Waals surface area contributed by atoms with Gasteiger partial charge in [-0.1, -0.05) is 13.8 Å². The van der Waals surface area contributed by atoms with Gasteiger partial charge in [0.25, 0.3) is 0 Å². The lowest BCUT2D eigenvalue weighted by Crippen LogP contribution is -2.61. The summed E-state index contributed by atoms with van der Waals surface area (Å²) in [5.74, 6) is 1.42. The van der Waals surface area contributed by atoms with Crippen LogP contribution in [0.3, 0.4) is 0 Å². The van der Waals surface area contributed by atoms with E-state index < -0.39 is 5.60 Å². The Balaban J connectivity index is 1.57. The largest absolute Gasteiger partial charge is 0.396 e. The maximum Gasteiger partial charge on any atom is 0.0920 e. The van der Waals surface area contributed by atoms with Crippen LogP contribution in [0.15, 0.2) is 0 Å². The quantitative estimate of drug-likeness (QED) is 0.675. The Morgan fingerprint density at radius 1 is 1.00 bits per heavy atom. The Hall–Kier alpha value is -0.160. The van der Waals surface area contributed by atoms with Crippen molar-refractivity contribution in [3.8, 4) is 0 Å². The molecule has 4 aliphatic carbocycles. The van der Waals surface area contributed by atoms with E-state index >= 15 is 0 Å². The molecule has 24 heavy (non-hydrogen) atoms. The van der Waals surface area contributed by atoms with E-state index in [4.69, 9.17) is 4.74 Å². The fraction of sp³-hybridized carbons (Fsp3) is 1.00. The third-order valence-electron chi connectivity index (χ3n) is 9.70. The second kappa shape index (κ2) is 4.57. The highest BCUT2D eigenvalue weighted by atomic mass is 16.6. The van der Waals surface area contributed by atoms with Crippen molar-refractivity contribution in [3.63, 3.8) is 0 Å². The highest BCUT2D eigenvalue weighted by molar-refractivity contribution is 5.23. The second-order valence-electron chi connectivity index (χ2n) is 10.3. The molecule has 0 aromatic rings. The number of aliphatic hydroxyl groups excluding tert-OH is 2. The monoisotopic (exact) mass is 336 g/mol. The predicted molar refractivity (Wildman–Crippen MR) is 89.2 cm³/mol. The maximum absolute atomic E-state index is 10.9. The van der Waals surface area contributed by atoms with E-state index in [1.165, 1.54) is 12.8 Å². The molecule has 3 N–H and O–H groups in total. The zero-order chi connectivity index (χ0) is 17.0. The van der Waals surface area contributed by atoms with Crippen LogP contribution in [0, 0.1) is 34.0 Å². The number of hydrogen-bond donors (Lipinski definition) is 3. The van der Waals surface area contributed by atoms with E-state index in [1.54, 1.807) is 0 Å². The van der Waals surface area contributed by atoms with E-state index in [1.807, 2.05) is 0 Å². The molecule has 9 atom stereocenters. The lowest BCUT2D eigenvalue weighted by atomic mass is 9.39. The Morgan fingerprint density at radius 3 is 2.50 bits per heavy atom. The summed E-state index contributed by atoms with van der Waals surface area (Å²) >= 11 is 0. The minimum Gasteiger partial charge on any atom is -0.396 e. The first kappa shape index (κ1) is 16.0. The van der Waals surface area contributed by atoms with Crippen LogP contribution in [0.4, 0.5) is 0 Å². The van der Waals surface area contributed by atoms with Gasteiger partial charge in [0.15, 0.2) is 0 Å². The van der Waals surface area contributed by atoms with Crippen LogP contribution < -0.4 is 0 Å². The molecule has 0 radical (unpaired) electrons. The normalized spacial score (nSPS) is 64.1. The minimum atomic E-state index is -0.859. The number of rotatable bonds is 2. The van der Waals surface area contributed by atoms with E-state index in [0.29, 0.717) is 17.9 Å². The Kier molecular flexibility index (Phi) is 3.05. The molecule has 1 spiro atoms. The second-order valence-corrected chi connectivity index (χ2v) is 10.3. The van der Waals surface area contributed by atoms with Gasteiger partial charge in [0.05, 0.1) is 31.0 Å². The fourth-order valence-corrected chi connectivity index (χ4v) is 8.34. The summed E-state index contributed by atoms with van der Waals surface area (Å²) in [5, 5.41) is 30.9. The van der Waals surface area contributed by atoms with Crippen molar-refractivity contribution in [2.75, 3.05) is 13.2 Å². The van der Waals surface area contributed by atoms with Gasteiger partial charge in [0.2, 0.25) is 0 Å². The average Bonchev–Trinajstić information content (AvgIpc) is 3.25. The van der Waals surface area contributed by atoms with Crippen molar-refractivity contribution in [3.05, 3.63) is 0 Å². The molecule has 2 bridgehead atoms. The van der Waals surface area contributed by atoms with Crippen molar-refractivity contribution in [1.82, 2.24) is 0 Å². The summed E-state index contributed by atoms with van der Waals surface area (Å²) in [6.07, 6.45) is 7.98. The highest BCUT2D eigenvalue weighted by Crippen LogP contribution is 2.77. The van der Waals surface area contributed by atoms with Gasteiger partial charge >= 0.3 is 0 Å².